The summed E-state index contributed by atoms with van der Waals surface area (Å²) in [6.45, 7) is 2.81. The molecular formula is C11H17N3O2. The standard InChI is InChI=1S/C11H17N3O2/c15-10-2-1-8(13-10)11(16)14-4-3-7-5-12-6-9(7)14/h7-9,12H,1-6H2,(H,13,15)/t7-,8+,9+/m0/s1. The molecule has 88 valence electrons. The zero-order valence-corrected chi connectivity index (χ0v) is 9.24. The Bertz CT molecular complexity index is 331. The average Bonchev–Trinajstić information content (AvgIpc) is 2.90. The van der Waals surface area contributed by atoms with Crippen molar-refractivity contribution in [3.05, 3.63) is 0 Å². The van der Waals surface area contributed by atoms with E-state index in [1.807, 2.05) is 4.90 Å². The number of nitrogens with one attached hydrogen (secondary N) is 2. The molecule has 0 radical (unpaired) electrons. The molecule has 0 aromatic heterocycles. The summed E-state index contributed by atoms with van der Waals surface area (Å²) < 4.78 is 0. The third-order valence-electron chi connectivity index (χ3n) is 4.02. The second kappa shape index (κ2) is 3.73. The molecule has 5 heteroatoms. The van der Waals surface area contributed by atoms with E-state index in [0.717, 1.165) is 26.1 Å². The molecule has 0 aromatic carbocycles. The Hall–Kier alpha value is -1.10. The number of amides is 2. The molecule has 3 saturated heterocycles. The fraction of sp³-hybridized carbons (Fsp3) is 0.818. The summed E-state index contributed by atoms with van der Waals surface area (Å²) in [7, 11) is 0. The van der Waals surface area contributed by atoms with Crippen molar-refractivity contribution in [1.29, 1.82) is 0 Å². The van der Waals surface area contributed by atoms with E-state index in [9.17, 15) is 9.59 Å². The number of rotatable bonds is 1. The van der Waals surface area contributed by atoms with Crippen LogP contribution in [0.1, 0.15) is 19.3 Å². The molecule has 3 aliphatic rings. The Labute approximate surface area is 94.6 Å². The normalized spacial score (nSPS) is 37.6. The zero-order chi connectivity index (χ0) is 11.1. The quantitative estimate of drug-likeness (QED) is 0.605. The molecule has 0 saturated carbocycles. The highest BCUT2D eigenvalue weighted by molar-refractivity contribution is 5.91. The topological polar surface area (TPSA) is 61.4 Å². The van der Waals surface area contributed by atoms with Crippen molar-refractivity contribution >= 4 is 11.8 Å². The van der Waals surface area contributed by atoms with Crippen LogP contribution in [0.5, 0.6) is 0 Å². The highest BCUT2D eigenvalue weighted by atomic mass is 16.2. The monoisotopic (exact) mass is 223 g/mol. The Morgan fingerprint density at radius 2 is 2.19 bits per heavy atom. The fourth-order valence-electron chi connectivity index (χ4n) is 3.12. The van der Waals surface area contributed by atoms with Gasteiger partial charge in [-0.3, -0.25) is 9.59 Å². The van der Waals surface area contributed by atoms with Crippen molar-refractivity contribution in [2.45, 2.75) is 31.3 Å². The van der Waals surface area contributed by atoms with Gasteiger partial charge in [-0.2, -0.15) is 0 Å². The minimum absolute atomic E-state index is 0.0126. The van der Waals surface area contributed by atoms with Crippen LogP contribution in [-0.4, -0.2) is 48.4 Å². The van der Waals surface area contributed by atoms with E-state index < -0.39 is 0 Å². The second-order valence-electron chi connectivity index (χ2n) is 4.96. The van der Waals surface area contributed by atoms with Gasteiger partial charge in [0, 0.05) is 32.1 Å². The number of likely N-dealkylation sites (tertiary alicyclic amines) is 1. The highest BCUT2D eigenvalue weighted by Crippen LogP contribution is 2.28. The lowest BCUT2D eigenvalue weighted by Crippen LogP contribution is -2.48. The number of fused-ring (bicyclic) bond motifs is 1. The molecule has 3 fully saturated rings. The molecule has 16 heavy (non-hydrogen) atoms. The first kappa shape index (κ1) is 10.1. The molecular weight excluding hydrogens is 206 g/mol. The molecule has 0 aromatic rings. The van der Waals surface area contributed by atoms with Gasteiger partial charge in [-0.05, 0) is 18.8 Å². The third kappa shape index (κ3) is 1.50. The number of hydrogen-bond acceptors (Lipinski definition) is 3. The lowest BCUT2D eigenvalue weighted by Gasteiger charge is -2.26. The van der Waals surface area contributed by atoms with Crippen molar-refractivity contribution in [2.24, 2.45) is 5.92 Å². The van der Waals surface area contributed by atoms with Crippen LogP contribution < -0.4 is 10.6 Å². The van der Waals surface area contributed by atoms with Crippen molar-refractivity contribution in [2.75, 3.05) is 19.6 Å². The Kier molecular flexibility index (Phi) is 2.35. The van der Waals surface area contributed by atoms with Gasteiger partial charge in [0.2, 0.25) is 11.8 Å². The number of carbonyl (C=O) groups is 2. The second-order valence-corrected chi connectivity index (χ2v) is 4.96. The largest absolute Gasteiger partial charge is 0.344 e. The Balaban J connectivity index is 1.68. The van der Waals surface area contributed by atoms with Gasteiger partial charge in [-0.25, -0.2) is 0 Å². The van der Waals surface area contributed by atoms with E-state index in [2.05, 4.69) is 10.6 Å². The summed E-state index contributed by atoms with van der Waals surface area (Å²) in [6, 6.07) is 0.108. The van der Waals surface area contributed by atoms with E-state index in [1.165, 1.54) is 0 Å². The summed E-state index contributed by atoms with van der Waals surface area (Å²) >= 11 is 0. The molecule has 2 N–H and O–H groups in total. The van der Waals surface area contributed by atoms with Crippen molar-refractivity contribution in [1.82, 2.24) is 15.5 Å². The van der Waals surface area contributed by atoms with E-state index in [0.29, 0.717) is 24.8 Å². The summed E-state index contributed by atoms with van der Waals surface area (Å²) in [5.74, 6) is 0.766. The van der Waals surface area contributed by atoms with Crippen LogP contribution in [0.2, 0.25) is 0 Å². The Morgan fingerprint density at radius 3 is 2.94 bits per heavy atom. The van der Waals surface area contributed by atoms with E-state index in [4.69, 9.17) is 0 Å². The van der Waals surface area contributed by atoms with E-state index in [1.54, 1.807) is 0 Å². The molecule has 0 spiro atoms. The molecule has 0 unspecified atom stereocenters. The Morgan fingerprint density at radius 1 is 1.31 bits per heavy atom. The van der Waals surface area contributed by atoms with Crippen molar-refractivity contribution in [3.8, 4) is 0 Å². The van der Waals surface area contributed by atoms with Gasteiger partial charge >= 0.3 is 0 Å². The van der Waals surface area contributed by atoms with Gasteiger partial charge in [-0.15, -0.1) is 0 Å². The average molecular weight is 223 g/mol. The fourth-order valence-corrected chi connectivity index (χ4v) is 3.12. The maximum atomic E-state index is 12.2. The molecule has 3 rings (SSSR count). The van der Waals surface area contributed by atoms with Gasteiger partial charge in [0.1, 0.15) is 6.04 Å². The van der Waals surface area contributed by atoms with Crippen LogP contribution in [-0.2, 0) is 9.59 Å². The minimum atomic E-state index is -0.258. The van der Waals surface area contributed by atoms with Crippen molar-refractivity contribution < 1.29 is 9.59 Å². The van der Waals surface area contributed by atoms with Crippen LogP contribution in [0.4, 0.5) is 0 Å². The van der Waals surface area contributed by atoms with E-state index >= 15 is 0 Å². The molecule has 5 nitrogen and oxygen atoms in total. The SMILES string of the molecule is O=C1CC[C@H](C(=O)N2CC[C@H]3CNC[C@H]32)N1. The predicted molar refractivity (Wildman–Crippen MR) is 57.6 cm³/mol. The van der Waals surface area contributed by atoms with Gasteiger partial charge in [0.15, 0.2) is 0 Å². The first-order valence-electron chi connectivity index (χ1n) is 6.06. The maximum absolute atomic E-state index is 12.2. The number of carbonyl (C=O) groups excluding carboxylic acids is 2. The predicted octanol–water partition coefficient (Wildman–Crippen LogP) is -0.915. The van der Waals surface area contributed by atoms with Crippen LogP contribution >= 0.6 is 0 Å². The maximum Gasteiger partial charge on any atom is 0.245 e. The molecule has 3 heterocycles. The lowest BCUT2D eigenvalue weighted by molar-refractivity contribution is -0.135. The minimum Gasteiger partial charge on any atom is -0.344 e. The van der Waals surface area contributed by atoms with Gasteiger partial charge in [-0.1, -0.05) is 0 Å². The third-order valence-corrected chi connectivity index (χ3v) is 4.02. The van der Waals surface area contributed by atoms with Gasteiger partial charge < -0.3 is 15.5 Å². The first-order chi connectivity index (χ1) is 7.75. The van der Waals surface area contributed by atoms with Crippen LogP contribution in [0.15, 0.2) is 0 Å². The van der Waals surface area contributed by atoms with Gasteiger partial charge in [0.05, 0.1) is 0 Å². The van der Waals surface area contributed by atoms with E-state index in [-0.39, 0.29) is 17.9 Å². The summed E-state index contributed by atoms with van der Waals surface area (Å²) in [5, 5.41) is 6.09. The molecule has 2 amide bonds. The molecule has 0 bridgehead atoms. The summed E-state index contributed by atoms with van der Waals surface area (Å²) in [6.07, 6.45) is 2.26. The molecule has 3 atom stereocenters. The smallest absolute Gasteiger partial charge is 0.245 e. The van der Waals surface area contributed by atoms with Gasteiger partial charge in [0.25, 0.3) is 0 Å². The van der Waals surface area contributed by atoms with Crippen LogP contribution in [0.25, 0.3) is 0 Å². The highest BCUT2D eigenvalue weighted by Gasteiger charge is 2.42. The number of nitrogens with zero attached hydrogens (tertiary/aromatic N) is 1. The van der Waals surface area contributed by atoms with Crippen LogP contribution in [0, 0.1) is 5.92 Å². The summed E-state index contributed by atoms with van der Waals surface area (Å²) in [5.41, 5.74) is 0. The summed E-state index contributed by atoms with van der Waals surface area (Å²) in [4.78, 5) is 25.3. The molecule has 0 aliphatic carbocycles. The lowest BCUT2D eigenvalue weighted by atomic mass is 10.0. The molecule has 3 aliphatic heterocycles. The van der Waals surface area contributed by atoms with Crippen molar-refractivity contribution in [3.63, 3.8) is 0 Å². The zero-order valence-electron chi connectivity index (χ0n) is 9.24. The van der Waals surface area contributed by atoms with Crippen LogP contribution in [0.3, 0.4) is 0 Å². The first-order valence-corrected chi connectivity index (χ1v) is 6.06. The number of hydrogen-bond donors (Lipinski definition) is 2.